The maximum atomic E-state index is 14.4. The van der Waals surface area contributed by atoms with Crippen LogP contribution in [0.25, 0.3) is 11.1 Å². The lowest BCUT2D eigenvalue weighted by atomic mass is 9.96. The minimum atomic E-state index is -2.26. The van der Waals surface area contributed by atoms with E-state index < -0.39 is 146 Å². The first-order valence-corrected chi connectivity index (χ1v) is 25.2. The molecule has 3 heterocycles. The van der Waals surface area contributed by atoms with Gasteiger partial charge in [-0.25, -0.2) is 0 Å². The minimum absolute atomic E-state index is 0.0513. The minimum Gasteiger partial charge on any atom is -0.508 e. The number of fused-ring (bicyclic) bond motifs is 2. The average Bonchev–Trinajstić information content (AvgIpc) is 4.00. The van der Waals surface area contributed by atoms with Crippen molar-refractivity contribution in [2.24, 2.45) is 5.92 Å². The van der Waals surface area contributed by atoms with E-state index in [9.17, 15) is 74.7 Å². The van der Waals surface area contributed by atoms with Crippen molar-refractivity contribution in [2.75, 3.05) is 13.1 Å². The molecule has 0 radical (unpaired) electrons. The molecule has 3 fully saturated rings. The molecule has 0 aliphatic carbocycles. The molecule has 0 unspecified atom stereocenters. The fourth-order valence-electron chi connectivity index (χ4n) is 9.54. The molecule has 14 N–H and O–H groups in total. The van der Waals surface area contributed by atoms with Gasteiger partial charge in [0.1, 0.15) is 54.3 Å². The van der Waals surface area contributed by atoms with E-state index in [0.29, 0.717) is 5.56 Å². The molecule has 0 spiro atoms. The molecule has 3 saturated heterocycles. The van der Waals surface area contributed by atoms with Gasteiger partial charge in [-0.3, -0.25) is 28.8 Å². The van der Waals surface area contributed by atoms with Gasteiger partial charge in [0, 0.05) is 49.5 Å². The molecule has 4 aromatic rings. The van der Waals surface area contributed by atoms with E-state index in [1.54, 1.807) is 12.1 Å². The van der Waals surface area contributed by atoms with Crippen molar-refractivity contribution in [3.05, 3.63) is 125 Å². The lowest BCUT2D eigenvalue weighted by Gasteiger charge is -2.34. The van der Waals surface area contributed by atoms with E-state index in [1.165, 1.54) is 38.1 Å². The second-order valence-electron chi connectivity index (χ2n) is 19.8. The number of nitrogens with zero attached hydrogens (tertiary/aromatic N) is 2. The zero-order valence-electron chi connectivity index (χ0n) is 42.4. The van der Waals surface area contributed by atoms with E-state index in [2.05, 4.69) is 38.4 Å². The molecule has 0 aromatic heterocycles. The molecule has 15 atom stereocenters. The van der Waals surface area contributed by atoms with Gasteiger partial charge < -0.3 is 82.3 Å². The Labute approximate surface area is 443 Å². The maximum Gasteiger partial charge on any atom is 0.248 e. The summed E-state index contributed by atoms with van der Waals surface area (Å²) in [7, 11) is 0. The third kappa shape index (κ3) is 13.8. The lowest BCUT2D eigenvalue weighted by molar-refractivity contribution is -0.148. The highest BCUT2D eigenvalue weighted by Gasteiger charge is 2.50. The van der Waals surface area contributed by atoms with Crippen molar-refractivity contribution in [3.8, 4) is 28.7 Å². The summed E-state index contributed by atoms with van der Waals surface area (Å²) < 4.78 is 0. The highest BCUT2D eigenvalue weighted by atomic mass is 16.3. The second-order valence-corrected chi connectivity index (χ2v) is 19.8. The number of hydrogen-bond acceptors (Lipinski definition) is 16. The number of carbonyl (C=O) groups is 6. The number of benzene rings is 4. The largest absolute Gasteiger partial charge is 0.508 e. The summed E-state index contributed by atoms with van der Waals surface area (Å²) in [6, 6.07) is 18.2. The first-order valence-electron chi connectivity index (χ1n) is 25.2. The molecular formula is C55H65N7O15. The molecule has 22 heteroatoms. The Hall–Kier alpha value is -7.30. The standard InChI is InChI=1S/C55H65N7O15/c1-28-26-62-45(46(28)68)53(75)60-51(73)41(67)24-39(56-25-33-13-17-35(18-14-33)34-15-11-32(12-16-34)10-9-31-7-5-4-6-8-31)49(71)57-42(29(2)63)54(76)61-27-38(66)23-40(61)50(72)59-44(52(74)58-43(30(3)64)55(62)77)48(70)47(69)36-19-21-37(65)22-20-36/h4-8,11-22,28-30,38-48,51,56,63-70,73H,23-27H2,1-3H3,(H,57,71)(H,58,74)(H,59,72)(H,60,75)/t28-,29+,30+,38+,39-,40-,41+,42-,43-,44-,45-,46-,47-,48-,51+/m0/s1. The zero-order chi connectivity index (χ0) is 55.8. The Morgan fingerprint density at radius 3 is 1.75 bits per heavy atom. The smallest absolute Gasteiger partial charge is 0.248 e. The van der Waals surface area contributed by atoms with Gasteiger partial charge in [-0.05, 0) is 72.5 Å². The van der Waals surface area contributed by atoms with E-state index in [0.717, 1.165) is 39.0 Å². The van der Waals surface area contributed by atoms with Crippen molar-refractivity contribution in [1.82, 2.24) is 36.4 Å². The van der Waals surface area contributed by atoms with Crippen LogP contribution in [0.1, 0.15) is 62.0 Å². The number of aromatic hydroxyl groups is 1. The van der Waals surface area contributed by atoms with E-state index in [4.69, 9.17) is 0 Å². The normalized spacial score (nSPS) is 28.5. The number of nitrogens with one attached hydrogen (secondary N) is 5. The second kappa shape index (κ2) is 25.2. The van der Waals surface area contributed by atoms with Crippen LogP contribution in [0.4, 0.5) is 0 Å². The first-order chi connectivity index (χ1) is 36.6. The molecule has 4 aromatic carbocycles. The van der Waals surface area contributed by atoms with Crippen LogP contribution < -0.4 is 26.6 Å². The van der Waals surface area contributed by atoms with Gasteiger partial charge >= 0.3 is 0 Å². The van der Waals surface area contributed by atoms with Crippen molar-refractivity contribution in [2.45, 2.75) is 125 Å². The average molecular weight is 1060 g/mol. The summed E-state index contributed by atoms with van der Waals surface area (Å²) in [6.45, 7) is 2.85. The molecule has 77 heavy (non-hydrogen) atoms. The Morgan fingerprint density at radius 2 is 1.16 bits per heavy atom. The Balaban J connectivity index is 1.19. The monoisotopic (exact) mass is 1060 g/mol. The van der Waals surface area contributed by atoms with Crippen molar-refractivity contribution >= 4 is 35.4 Å². The number of phenolic OH excluding ortho intramolecular Hbond substituents is 1. The van der Waals surface area contributed by atoms with Crippen LogP contribution in [0.2, 0.25) is 0 Å². The predicted octanol–water partition coefficient (Wildman–Crippen LogP) is -2.40. The first kappa shape index (κ1) is 57.4. The molecule has 410 valence electrons. The highest BCUT2D eigenvalue weighted by Crippen LogP contribution is 2.28. The van der Waals surface area contributed by atoms with Crippen LogP contribution in [-0.2, 0) is 35.3 Å². The Bertz CT molecular complexity index is 2790. The van der Waals surface area contributed by atoms with Crippen LogP contribution in [0.5, 0.6) is 5.75 Å². The van der Waals surface area contributed by atoms with Crippen LogP contribution in [-0.4, -0.2) is 183 Å². The van der Waals surface area contributed by atoms with Crippen LogP contribution >= 0.6 is 0 Å². The molecule has 3 aliphatic rings. The highest BCUT2D eigenvalue weighted by molar-refractivity contribution is 5.98. The van der Waals surface area contributed by atoms with Crippen LogP contribution in [0, 0.1) is 17.8 Å². The SMILES string of the molecule is C[C@@H](O)[C@@H]1NC(=O)[C@H]([C@H](O)[C@@H](O)c2ccc(O)cc2)NC(=O)[C@@H]2C[C@@H](O)CN2C(=O)[C@H]([C@@H](C)O)NC(=O)[C@@H](NCc2ccc(-c3ccc(C#Cc4ccccc4)cc3)cc2)C[C@@H](O)[C@@H](O)NC(=O)[C@@H]2[C@@H](O)[C@@H](C)CN2C1=O. The number of aliphatic hydroxyl groups excluding tert-OH is 8. The van der Waals surface area contributed by atoms with Gasteiger partial charge in [-0.1, -0.05) is 85.5 Å². The maximum absolute atomic E-state index is 14.4. The molecule has 6 amide bonds. The third-order valence-electron chi connectivity index (χ3n) is 14.0. The summed E-state index contributed by atoms with van der Waals surface area (Å²) in [5.41, 5.74) is 4.01. The van der Waals surface area contributed by atoms with Gasteiger partial charge in [0.05, 0.1) is 30.5 Å². The summed E-state index contributed by atoms with van der Waals surface area (Å²) in [5.74, 6) is -1.76. The molecule has 0 saturated carbocycles. The van der Waals surface area contributed by atoms with Gasteiger partial charge in [0.15, 0.2) is 6.23 Å². The molecule has 0 bridgehead atoms. The predicted molar refractivity (Wildman–Crippen MR) is 275 cm³/mol. The molecule has 22 nitrogen and oxygen atoms in total. The van der Waals surface area contributed by atoms with E-state index in [1.807, 2.05) is 66.7 Å². The summed E-state index contributed by atoms with van der Waals surface area (Å²) in [4.78, 5) is 87.4. The number of rotatable bonds is 9. The zero-order valence-corrected chi connectivity index (χ0v) is 42.4. The molecule has 3 aliphatic heterocycles. The molecular weight excluding hydrogens is 999 g/mol. The number of amides is 6. The summed E-state index contributed by atoms with van der Waals surface area (Å²) in [6.07, 6.45) is -15.9. The van der Waals surface area contributed by atoms with Gasteiger partial charge in [0.25, 0.3) is 0 Å². The van der Waals surface area contributed by atoms with Crippen molar-refractivity contribution in [3.63, 3.8) is 0 Å². The van der Waals surface area contributed by atoms with E-state index in [-0.39, 0.29) is 24.4 Å². The summed E-state index contributed by atoms with van der Waals surface area (Å²) >= 11 is 0. The fraction of sp³-hybridized carbons (Fsp3) is 0.418. The number of phenols is 1. The Kier molecular flexibility index (Phi) is 18.8. The topological polar surface area (TPSA) is 351 Å². The van der Waals surface area contributed by atoms with Crippen LogP contribution in [0.15, 0.2) is 103 Å². The van der Waals surface area contributed by atoms with Gasteiger partial charge in [-0.15, -0.1) is 0 Å². The molecule has 7 rings (SSSR count). The third-order valence-corrected chi connectivity index (χ3v) is 14.0. The fourth-order valence-corrected chi connectivity index (χ4v) is 9.54. The lowest BCUT2D eigenvalue weighted by Crippen LogP contribution is -2.64. The number of aliphatic hydroxyl groups is 8. The van der Waals surface area contributed by atoms with Crippen molar-refractivity contribution < 1.29 is 74.7 Å². The van der Waals surface area contributed by atoms with E-state index >= 15 is 0 Å². The van der Waals surface area contributed by atoms with Crippen molar-refractivity contribution in [1.29, 1.82) is 0 Å². The summed E-state index contributed by atoms with van der Waals surface area (Å²) in [5, 5.41) is 112. The Morgan fingerprint density at radius 1 is 0.610 bits per heavy atom. The van der Waals surface area contributed by atoms with Gasteiger partial charge in [-0.2, -0.15) is 0 Å². The quantitative estimate of drug-likeness (QED) is 0.0777. The van der Waals surface area contributed by atoms with Gasteiger partial charge in [0.2, 0.25) is 35.4 Å². The number of hydrogen-bond donors (Lipinski definition) is 14. The van der Waals surface area contributed by atoms with Crippen LogP contribution in [0.3, 0.4) is 0 Å². The number of carbonyl (C=O) groups excluding carboxylic acids is 6.